The summed E-state index contributed by atoms with van der Waals surface area (Å²) < 4.78 is 13.1. The Kier molecular flexibility index (Phi) is 5.51. The number of rotatable bonds is 6. The van der Waals surface area contributed by atoms with Gasteiger partial charge in [-0.05, 0) is 62.1 Å². The normalized spacial score (nSPS) is 12.4. The van der Waals surface area contributed by atoms with Crippen molar-refractivity contribution < 1.29 is 4.39 Å². The van der Waals surface area contributed by atoms with Crippen LogP contribution < -0.4 is 5.32 Å². The van der Waals surface area contributed by atoms with Crippen LogP contribution in [-0.2, 0) is 6.42 Å². The first-order chi connectivity index (χ1) is 10.1. The predicted molar refractivity (Wildman–Crippen MR) is 87.1 cm³/mol. The van der Waals surface area contributed by atoms with Gasteiger partial charge in [-0.15, -0.1) is 0 Å². The third kappa shape index (κ3) is 4.40. The molecule has 0 saturated carbocycles. The molecule has 0 fully saturated rings. The Hall–Kier alpha value is -1.67. The lowest BCUT2D eigenvalue weighted by molar-refractivity contribution is 0.526. The molecular weight excluding hydrogens is 261 g/mol. The van der Waals surface area contributed by atoms with Gasteiger partial charge in [0.05, 0.1) is 0 Å². The summed E-state index contributed by atoms with van der Waals surface area (Å²) in [4.78, 5) is 0. The van der Waals surface area contributed by atoms with Crippen molar-refractivity contribution in [3.05, 3.63) is 70.5 Å². The van der Waals surface area contributed by atoms with Gasteiger partial charge < -0.3 is 5.32 Å². The highest BCUT2D eigenvalue weighted by molar-refractivity contribution is 5.34. The number of hydrogen-bond acceptors (Lipinski definition) is 1. The molecule has 0 spiro atoms. The van der Waals surface area contributed by atoms with Gasteiger partial charge in [0.25, 0.3) is 0 Å². The van der Waals surface area contributed by atoms with Crippen LogP contribution in [0, 0.1) is 19.7 Å². The number of nitrogens with one attached hydrogen (secondary N) is 1. The molecule has 0 saturated heterocycles. The van der Waals surface area contributed by atoms with Crippen LogP contribution in [-0.4, -0.2) is 6.54 Å². The fraction of sp³-hybridized carbons (Fsp3) is 0.368. The Morgan fingerprint density at radius 1 is 1.05 bits per heavy atom. The van der Waals surface area contributed by atoms with Gasteiger partial charge in [0.1, 0.15) is 5.82 Å². The average molecular weight is 285 g/mol. The van der Waals surface area contributed by atoms with E-state index in [1.165, 1.54) is 28.8 Å². The van der Waals surface area contributed by atoms with E-state index in [1.54, 1.807) is 0 Å². The zero-order valence-electron chi connectivity index (χ0n) is 13.1. The molecule has 0 aromatic heterocycles. The lowest BCUT2D eigenvalue weighted by Crippen LogP contribution is -2.25. The molecule has 0 amide bonds. The molecule has 0 aliphatic heterocycles. The zero-order chi connectivity index (χ0) is 15.2. The van der Waals surface area contributed by atoms with Crippen molar-refractivity contribution in [1.29, 1.82) is 0 Å². The Balaban J connectivity index is 2.25. The summed E-state index contributed by atoms with van der Waals surface area (Å²) in [5.41, 5.74) is 5.08. The van der Waals surface area contributed by atoms with Crippen LogP contribution in [0.1, 0.15) is 41.6 Å². The summed E-state index contributed by atoms with van der Waals surface area (Å²) in [5.74, 6) is -0.177. The minimum Gasteiger partial charge on any atom is -0.310 e. The fourth-order valence-corrected chi connectivity index (χ4v) is 2.60. The monoisotopic (exact) mass is 285 g/mol. The van der Waals surface area contributed by atoms with Crippen LogP contribution in [0.5, 0.6) is 0 Å². The first-order valence-corrected chi connectivity index (χ1v) is 7.65. The van der Waals surface area contributed by atoms with Gasteiger partial charge in [-0.2, -0.15) is 0 Å². The minimum atomic E-state index is -0.177. The molecule has 1 N–H and O–H groups in total. The summed E-state index contributed by atoms with van der Waals surface area (Å²) in [6.45, 7) is 7.43. The van der Waals surface area contributed by atoms with Gasteiger partial charge in [-0.1, -0.05) is 42.8 Å². The molecule has 0 aliphatic carbocycles. The molecular formula is C19H24FN. The maximum absolute atomic E-state index is 13.1. The summed E-state index contributed by atoms with van der Waals surface area (Å²) in [6, 6.07) is 13.7. The summed E-state index contributed by atoms with van der Waals surface area (Å²) >= 11 is 0. The van der Waals surface area contributed by atoms with Crippen LogP contribution in [0.4, 0.5) is 4.39 Å². The molecule has 2 aromatic rings. The second kappa shape index (κ2) is 7.37. The first kappa shape index (κ1) is 15.7. The fourth-order valence-electron chi connectivity index (χ4n) is 2.60. The second-order valence-corrected chi connectivity index (χ2v) is 5.70. The van der Waals surface area contributed by atoms with E-state index >= 15 is 0 Å². The minimum absolute atomic E-state index is 0.177. The van der Waals surface area contributed by atoms with Crippen molar-refractivity contribution >= 4 is 0 Å². The van der Waals surface area contributed by atoms with Crippen molar-refractivity contribution in [2.75, 3.05) is 6.54 Å². The number of hydrogen-bond donors (Lipinski definition) is 1. The third-order valence-electron chi connectivity index (χ3n) is 3.80. The summed E-state index contributed by atoms with van der Waals surface area (Å²) in [5, 5.41) is 3.62. The van der Waals surface area contributed by atoms with E-state index in [-0.39, 0.29) is 11.9 Å². The molecule has 0 bridgehead atoms. The van der Waals surface area contributed by atoms with Crippen molar-refractivity contribution in [2.24, 2.45) is 0 Å². The highest BCUT2D eigenvalue weighted by Crippen LogP contribution is 2.23. The quantitative estimate of drug-likeness (QED) is 0.809. The lowest BCUT2D eigenvalue weighted by Gasteiger charge is -2.22. The molecule has 1 unspecified atom stereocenters. The van der Waals surface area contributed by atoms with E-state index in [4.69, 9.17) is 0 Å². The summed E-state index contributed by atoms with van der Waals surface area (Å²) in [6.07, 6.45) is 1.98. The van der Waals surface area contributed by atoms with Crippen LogP contribution in [0.2, 0.25) is 0 Å². The van der Waals surface area contributed by atoms with Crippen molar-refractivity contribution in [3.63, 3.8) is 0 Å². The molecule has 0 heterocycles. The molecule has 2 rings (SSSR count). The molecule has 0 radical (unpaired) electrons. The number of benzene rings is 2. The maximum Gasteiger partial charge on any atom is 0.123 e. The Morgan fingerprint density at radius 2 is 1.76 bits per heavy atom. The number of aryl methyl sites for hydroxylation is 2. The highest BCUT2D eigenvalue weighted by Gasteiger charge is 2.14. The Bertz CT molecular complexity index is 575. The number of halogens is 1. The van der Waals surface area contributed by atoms with E-state index in [1.807, 2.05) is 12.1 Å². The first-order valence-electron chi connectivity index (χ1n) is 7.65. The van der Waals surface area contributed by atoms with Crippen molar-refractivity contribution in [1.82, 2.24) is 5.32 Å². The topological polar surface area (TPSA) is 12.0 Å². The molecule has 1 atom stereocenters. The summed E-state index contributed by atoms with van der Waals surface area (Å²) in [7, 11) is 0. The van der Waals surface area contributed by atoms with E-state index in [0.29, 0.717) is 0 Å². The van der Waals surface area contributed by atoms with Gasteiger partial charge >= 0.3 is 0 Å². The predicted octanol–water partition coefficient (Wildman–Crippen LogP) is 4.73. The van der Waals surface area contributed by atoms with Crippen LogP contribution >= 0.6 is 0 Å². The van der Waals surface area contributed by atoms with Gasteiger partial charge in [0.15, 0.2) is 0 Å². The molecule has 2 heteroatoms. The second-order valence-electron chi connectivity index (χ2n) is 5.70. The van der Waals surface area contributed by atoms with Gasteiger partial charge in [0, 0.05) is 6.04 Å². The van der Waals surface area contributed by atoms with Gasteiger partial charge in [-0.3, -0.25) is 0 Å². The molecule has 21 heavy (non-hydrogen) atoms. The molecule has 1 nitrogen and oxygen atoms in total. The average Bonchev–Trinajstić information content (AvgIpc) is 2.48. The highest BCUT2D eigenvalue weighted by atomic mass is 19.1. The smallest absolute Gasteiger partial charge is 0.123 e. The van der Waals surface area contributed by atoms with Crippen LogP contribution in [0.15, 0.2) is 42.5 Å². The standard InChI is InChI=1S/C19H24FN/c1-4-11-21-19(13-16-7-9-17(20)10-8-16)18-12-14(2)5-6-15(18)3/h5-10,12,19,21H,4,11,13H2,1-3H3. The SMILES string of the molecule is CCCNC(Cc1ccc(F)cc1)c1cc(C)ccc1C. The largest absolute Gasteiger partial charge is 0.310 e. The van der Waals surface area contributed by atoms with E-state index in [2.05, 4.69) is 44.3 Å². The Labute approximate surface area is 127 Å². The van der Waals surface area contributed by atoms with Crippen LogP contribution in [0.3, 0.4) is 0 Å². The van der Waals surface area contributed by atoms with Gasteiger partial charge in [-0.25, -0.2) is 4.39 Å². The maximum atomic E-state index is 13.1. The van der Waals surface area contributed by atoms with Crippen molar-refractivity contribution in [3.8, 4) is 0 Å². The molecule has 2 aromatic carbocycles. The van der Waals surface area contributed by atoms with E-state index in [9.17, 15) is 4.39 Å². The lowest BCUT2D eigenvalue weighted by atomic mass is 9.94. The van der Waals surface area contributed by atoms with E-state index in [0.717, 1.165) is 24.9 Å². The zero-order valence-corrected chi connectivity index (χ0v) is 13.1. The molecule has 112 valence electrons. The third-order valence-corrected chi connectivity index (χ3v) is 3.80. The molecule has 0 aliphatic rings. The van der Waals surface area contributed by atoms with Crippen molar-refractivity contribution in [2.45, 2.75) is 39.7 Å². The van der Waals surface area contributed by atoms with E-state index < -0.39 is 0 Å². The van der Waals surface area contributed by atoms with Gasteiger partial charge in [0.2, 0.25) is 0 Å². The Morgan fingerprint density at radius 3 is 2.43 bits per heavy atom. The van der Waals surface area contributed by atoms with Crippen LogP contribution in [0.25, 0.3) is 0 Å².